The number of hydrogen-bond acceptors (Lipinski definition) is 2. The Balaban J connectivity index is 2.40. The van der Waals surface area contributed by atoms with E-state index >= 15 is 0 Å². The van der Waals surface area contributed by atoms with Gasteiger partial charge in [-0.05, 0) is 44.5 Å². The van der Waals surface area contributed by atoms with Gasteiger partial charge in [0.15, 0.2) is 0 Å². The summed E-state index contributed by atoms with van der Waals surface area (Å²) >= 11 is 0. The molecule has 0 radical (unpaired) electrons. The molecule has 0 amide bonds. The highest BCUT2D eigenvalue weighted by molar-refractivity contribution is 5.95. The minimum atomic E-state index is -0.920. The van der Waals surface area contributed by atoms with Gasteiger partial charge in [-0.2, -0.15) is 0 Å². The standard InChI is InChI=1S/C16H17NO2/c1-10-4-6-14(12(3)8-10)17-15-7-5-11(2)9-13(15)16(18)19/h4-9,17H,1-3H3,(H,18,19). The van der Waals surface area contributed by atoms with Crippen LogP contribution in [0.1, 0.15) is 27.0 Å². The highest BCUT2D eigenvalue weighted by Gasteiger charge is 2.11. The zero-order chi connectivity index (χ0) is 14.0. The summed E-state index contributed by atoms with van der Waals surface area (Å²) in [5.74, 6) is -0.920. The molecule has 0 aliphatic heterocycles. The monoisotopic (exact) mass is 255 g/mol. The third-order valence-electron chi connectivity index (χ3n) is 3.06. The van der Waals surface area contributed by atoms with Gasteiger partial charge in [-0.1, -0.05) is 29.3 Å². The molecule has 0 aliphatic carbocycles. The van der Waals surface area contributed by atoms with Gasteiger partial charge in [0.1, 0.15) is 0 Å². The molecule has 3 nitrogen and oxygen atoms in total. The Kier molecular flexibility index (Phi) is 3.56. The van der Waals surface area contributed by atoms with Gasteiger partial charge in [0.25, 0.3) is 0 Å². The van der Waals surface area contributed by atoms with Gasteiger partial charge in [0, 0.05) is 5.69 Å². The van der Waals surface area contributed by atoms with Gasteiger partial charge in [-0.15, -0.1) is 0 Å². The van der Waals surface area contributed by atoms with Gasteiger partial charge >= 0.3 is 5.97 Å². The van der Waals surface area contributed by atoms with Crippen LogP contribution in [0.5, 0.6) is 0 Å². The molecule has 2 N–H and O–H groups in total. The van der Waals surface area contributed by atoms with E-state index in [0.717, 1.165) is 16.8 Å². The number of hydrogen-bond donors (Lipinski definition) is 2. The fourth-order valence-corrected chi connectivity index (χ4v) is 2.04. The van der Waals surface area contributed by atoms with E-state index in [9.17, 15) is 9.90 Å². The fraction of sp³-hybridized carbons (Fsp3) is 0.188. The Bertz CT molecular complexity index is 633. The summed E-state index contributed by atoms with van der Waals surface area (Å²) in [6, 6.07) is 11.4. The van der Waals surface area contributed by atoms with Crippen molar-refractivity contribution in [2.24, 2.45) is 0 Å². The van der Waals surface area contributed by atoms with Crippen LogP contribution in [0.15, 0.2) is 36.4 Å². The van der Waals surface area contributed by atoms with Crippen LogP contribution in [0.25, 0.3) is 0 Å². The zero-order valence-corrected chi connectivity index (χ0v) is 11.3. The maximum absolute atomic E-state index is 11.3. The minimum Gasteiger partial charge on any atom is -0.478 e. The first kappa shape index (κ1) is 13.1. The molecule has 19 heavy (non-hydrogen) atoms. The van der Waals surface area contributed by atoms with E-state index in [1.54, 1.807) is 12.1 Å². The molecule has 2 rings (SSSR count). The van der Waals surface area contributed by atoms with Crippen LogP contribution in [-0.4, -0.2) is 11.1 Å². The molecule has 0 heterocycles. The SMILES string of the molecule is Cc1ccc(Nc2ccc(C)cc2C(=O)O)c(C)c1. The van der Waals surface area contributed by atoms with Crippen molar-refractivity contribution in [2.75, 3.05) is 5.32 Å². The Morgan fingerprint density at radius 2 is 1.53 bits per heavy atom. The van der Waals surface area contributed by atoms with E-state index in [-0.39, 0.29) is 0 Å². The van der Waals surface area contributed by atoms with Gasteiger partial charge in [0.2, 0.25) is 0 Å². The van der Waals surface area contributed by atoms with Gasteiger partial charge in [-0.25, -0.2) is 4.79 Å². The highest BCUT2D eigenvalue weighted by Crippen LogP contribution is 2.25. The smallest absolute Gasteiger partial charge is 0.337 e. The summed E-state index contributed by atoms with van der Waals surface area (Å²) in [7, 11) is 0. The summed E-state index contributed by atoms with van der Waals surface area (Å²) < 4.78 is 0. The molecule has 0 saturated heterocycles. The normalized spacial score (nSPS) is 10.3. The Labute approximate surface area is 112 Å². The Morgan fingerprint density at radius 3 is 2.11 bits per heavy atom. The van der Waals surface area contributed by atoms with E-state index in [4.69, 9.17) is 0 Å². The van der Waals surface area contributed by atoms with Gasteiger partial charge in [-0.3, -0.25) is 0 Å². The van der Waals surface area contributed by atoms with Crippen LogP contribution in [0, 0.1) is 20.8 Å². The molecule has 0 spiro atoms. The molecular formula is C16H17NO2. The molecule has 2 aromatic rings. The van der Waals surface area contributed by atoms with Crippen molar-refractivity contribution < 1.29 is 9.90 Å². The number of aryl methyl sites for hydroxylation is 3. The first-order valence-corrected chi connectivity index (χ1v) is 6.15. The van der Waals surface area contributed by atoms with Crippen molar-refractivity contribution in [3.63, 3.8) is 0 Å². The van der Waals surface area contributed by atoms with Gasteiger partial charge < -0.3 is 10.4 Å². The number of aromatic carboxylic acids is 1. The molecule has 0 saturated carbocycles. The molecule has 3 heteroatoms. The van der Waals surface area contributed by atoms with Crippen LogP contribution in [0.3, 0.4) is 0 Å². The maximum atomic E-state index is 11.3. The predicted octanol–water partition coefficient (Wildman–Crippen LogP) is 4.05. The lowest BCUT2D eigenvalue weighted by Gasteiger charge is -2.13. The number of carboxylic acids is 1. The second-order valence-corrected chi connectivity index (χ2v) is 4.80. The first-order valence-electron chi connectivity index (χ1n) is 6.15. The van der Waals surface area contributed by atoms with E-state index in [2.05, 4.69) is 11.4 Å². The van der Waals surface area contributed by atoms with Crippen molar-refractivity contribution in [3.05, 3.63) is 58.7 Å². The Hall–Kier alpha value is -2.29. The van der Waals surface area contributed by atoms with Crippen LogP contribution in [0.2, 0.25) is 0 Å². The third kappa shape index (κ3) is 2.94. The molecule has 0 bridgehead atoms. The number of carboxylic acid groups (broad SMARTS) is 1. The quantitative estimate of drug-likeness (QED) is 0.869. The summed E-state index contributed by atoms with van der Waals surface area (Å²) in [5, 5.41) is 12.4. The summed E-state index contributed by atoms with van der Waals surface area (Å²) in [6.07, 6.45) is 0. The second kappa shape index (κ2) is 5.14. The van der Waals surface area contributed by atoms with Crippen LogP contribution in [-0.2, 0) is 0 Å². The van der Waals surface area contributed by atoms with Crippen LogP contribution in [0.4, 0.5) is 11.4 Å². The number of rotatable bonds is 3. The summed E-state index contributed by atoms with van der Waals surface area (Å²) in [4.78, 5) is 11.3. The number of nitrogens with one attached hydrogen (secondary N) is 1. The lowest BCUT2D eigenvalue weighted by molar-refractivity contribution is 0.0698. The molecule has 0 aromatic heterocycles. The topological polar surface area (TPSA) is 49.3 Å². The maximum Gasteiger partial charge on any atom is 0.337 e. The van der Waals surface area contributed by atoms with E-state index < -0.39 is 5.97 Å². The van der Waals surface area contributed by atoms with E-state index in [0.29, 0.717) is 11.3 Å². The van der Waals surface area contributed by atoms with E-state index in [1.165, 1.54) is 5.56 Å². The van der Waals surface area contributed by atoms with Crippen molar-refractivity contribution in [3.8, 4) is 0 Å². The lowest BCUT2D eigenvalue weighted by atomic mass is 10.1. The highest BCUT2D eigenvalue weighted by atomic mass is 16.4. The molecule has 0 aliphatic rings. The number of benzene rings is 2. The number of carbonyl (C=O) groups is 1. The van der Waals surface area contributed by atoms with Crippen molar-refractivity contribution in [1.82, 2.24) is 0 Å². The summed E-state index contributed by atoms with van der Waals surface area (Å²) in [5.41, 5.74) is 5.05. The molecule has 0 unspecified atom stereocenters. The minimum absolute atomic E-state index is 0.292. The first-order chi connectivity index (χ1) is 8.97. The number of anilines is 2. The molecule has 98 valence electrons. The van der Waals surface area contributed by atoms with Crippen molar-refractivity contribution in [2.45, 2.75) is 20.8 Å². The fourth-order valence-electron chi connectivity index (χ4n) is 2.04. The largest absolute Gasteiger partial charge is 0.478 e. The molecule has 2 aromatic carbocycles. The zero-order valence-electron chi connectivity index (χ0n) is 11.3. The summed E-state index contributed by atoms with van der Waals surface area (Å²) in [6.45, 7) is 5.92. The molecule has 0 atom stereocenters. The van der Waals surface area contributed by atoms with Crippen molar-refractivity contribution in [1.29, 1.82) is 0 Å². The van der Waals surface area contributed by atoms with Crippen LogP contribution >= 0.6 is 0 Å². The van der Waals surface area contributed by atoms with Crippen molar-refractivity contribution >= 4 is 17.3 Å². The average Bonchev–Trinajstić information content (AvgIpc) is 2.34. The van der Waals surface area contributed by atoms with Crippen LogP contribution < -0.4 is 5.32 Å². The molecule has 0 fully saturated rings. The third-order valence-corrected chi connectivity index (χ3v) is 3.06. The van der Waals surface area contributed by atoms with Gasteiger partial charge in [0.05, 0.1) is 11.3 Å². The average molecular weight is 255 g/mol. The predicted molar refractivity (Wildman–Crippen MR) is 77.3 cm³/mol. The van der Waals surface area contributed by atoms with E-state index in [1.807, 2.05) is 39.0 Å². The molecular weight excluding hydrogens is 238 g/mol. The second-order valence-electron chi connectivity index (χ2n) is 4.80. The Morgan fingerprint density at radius 1 is 0.947 bits per heavy atom. The lowest BCUT2D eigenvalue weighted by Crippen LogP contribution is -2.04.